The van der Waals surface area contributed by atoms with Gasteiger partial charge in [-0.2, -0.15) is 0 Å². The minimum Gasteiger partial charge on any atom is -0.399 e. The van der Waals surface area contributed by atoms with E-state index in [9.17, 15) is 9.90 Å². The molecule has 4 N–H and O–H groups in total. The third-order valence-electron chi connectivity index (χ3n) is 2.87. The Morgan fingerprint density at radius 2 is 2.15 bits per heavy atom. The molecule has 7 heteroatoms. The minimum atomic E-state index is -0.773. The zero-order valence-corrected chi connectivity index (χ0v) is 11.9. The maximum absolute atomic E-state index is 12.0. The van der Waals surface area contributed by atoms with E-state index in [1.54, 1.807) is 24.3 Å². The number of aryl methyl sites for hydroxylation is 1. The second-order valence-electron chi connectivity index (χ2n) is 4.29. The summed E-state index contributed by atoms with van der Waals surface area (Å²) in [5.41, 5.74) is 7.60. The summed E-state index contributed by atoms with van der Waals surface area (Å²) in [6, 6.07) is 6.89. The number of benzene rings is 1. The predicted molar refractivity (Wildman–Crippen MR) is 77.4 cm³/mol. The van der Waals surface area contributed by atoms with Crippen LogP contribution in [0.2, 0.25) is 0 Å². The van der Waals surface area contributed by atoms with Crippen molar-refractivity contribution in [2.24, 2.45) is 0 Å². The highest BCUT2D eigenvalue weighted by Gasteiger charge is 2.16. The number of carbonyl (C=O) groups is 1. The summed E-state index contributed by atoms with van der Waals surface area (Å²) in [7, 11) is 0. The topological polar surface area (TPSA) is 101 Å². The van der Waals surface area contributed by atoms with Gasteiger partial charge in [0.05, 0.1) is 11.8 Å². The number of hydrogen-bond acceptors (Lipinski definition) is 6. The molecule has 1 amide bonds. The molecule has 0 aliphatic heterocycles. The highest BCUT2D eigenvalue weighted by atomic mass is 32.1. The Balaban J connectivity index is 1.95. The Kier molecular flexibility index (Phi) is 4.65. The maximum atomic E-state index is 12.0. The first-order valence-corrected chi connectivity index (χ1v) is 7.02. The van der Waals surface area contributed by atoms with E-state index in [1.807, 2.05) is 6.92 Å². The van der Waals surface area contributed by atoms with Crippen LogP contribution in [0, 0.1) is 0 Å². The zero-order chi connectivity index (χ0) is 14.5. The third-order valence-corrected chi connectivity index (χ3v) is 3.64. The normalized spacial score (nSPS) is 12.1. The molecule has 0 bridgehead atoms. The number of aliphatic hydroxyl groups excluding tert-OH is 1. The first-order chi connectivity index (χ1) is 9.61. The van der Waals surface area contributed by atoms with E-state index in [0.717, 1.165) is 11.5 Å². The van der Waals surface area contributed by atoms with Crippen LogP contribution in [0.25, 0.3) is 0 Å². The molecule has 0 radical (unpaired) electrons. The van der Waals surface area contributed by atoms with Crippen LogP contribution in [0.15, 0.2) is 24.3 Å². The molecule has 1 heterocycles. The lowest BCUT2D eigenvalue weighted by Gasteiger charge is -2.12. The van der Waals surface area contributed by atoms with Crippen LogP contribution in [-0.2, 0) is 6.42 Å². The van der Waals surface area contributed by atoms with E-state index in [0.29, 0.717) is 28.2 Å². The van der Waals surface area contributed by atoms with Crippen molar-refractivity contribution in [3.63, 3.8) is 0 Å². The van der Waals surface area contributed by atoms with Crippen molar-refractivity contribution in [2.45, 2.75) is 19.4 Å². The summed E-state index contributed by atoms with van der Waals surface area (Å²) in [6.45, 7) is 2.04. The Hall–Kier alpha value is -1.99. The molecule has 2 aromatic rings. The second-order valence-corrected chi connectivity index (χ2v) is 5.05. The molecule has 20 heavy (non-hydrogen) atoms. The van der Waals surface area contributed by atoms with Gasteiger partial charge < -0.3 is 16.2 Å². The van der Waals surface area contributed by atoms with Crippen LogP contribution in [-0.4, -0.2) is 27.1 Å². The van der Waals surface area contributed by atoms with Crippen LogP contribution in [0.5, 0.6) is 0 Å². The largest absolute Gasteiger partial charge is 0.399 e. The van der Waals surface area contributed by atoms with Crippen molar-refractivity contribution >= 4 is 23.1 Å². The number of amides is 1. The molecule has 0 aliphatic rings. The molecule has 1 aromatic carbocycles. The van der Waals surface area contributed by atoms with E-state index < -0.39 is 6.10 Å². The zero-order valence-electron chi connectivity index (χ0n) is 11.0. The smallest absolute Gasteiger partial charge is 0.265 e. The van der Waals surface area contributed by atoms with Gasteiger partial charge in [-0.15, -0.1) is 5.10 Å². The number of nitrogens with two attached hydrogens (primary N) is 1. The van der Waals surface area contributed by atoms with Gasteiger partial charge in [0.25, 0.3) is 5.91 Å². The van der Waals surface area contributed by atoms with Gasteiger partial charge in [-0.1, -0.05) is 23.5 Å². The van der Waals surface area contributed by atoms with Gasteiger partial charge >= 0.3 is 0 Å². The first kappa shape index (κ1) is 14.4. The van der Waals surface area contributed by atoms with Crippen molar-refractivity contribution in [1.29, 1.82) is 0 Å². The quantitative estimate of drug-likeness (QED) is 0.718. The fourth-order valence-corrected chi connectivity index (χ4v) is 2.38. The molecule has 1 atom stereocenters. The average molecular weight is 292 g/mol. The SMILES string of the molecule is CCc1nnsc1C(=O)NCC(O)c1ccc(N)cc1. The Bertz CT molecular complexity index is 582. The predicted octanol–water partition coefficient (Wildman–Crippen LogP) is 1.15. The second kappa shape index (κ2) is 6.44. The molecule has 0 fully saturated rings. The highest BCUT2D eigenvalue weighted by molar-refractivity contribution is 7.08. The monoisotopic (exact) mass is 292 g/mol. The number of nitrogens with one attached hydrogen (secondary N) is 1. The van der Waals surface area contributed by atoms with Gasteiger partial charge in [-0.05, 0) is 35.6 Å². The molecule has 106 valence electrons. The van der Waals surface area contributed by atoms with Crippen molar-refractivity contribution in [3.05, 3.63) is 40.4 Å². The number of nitrogens with zero attached hydrogens (tertiary/aromatic N) is 2. The maximum Gasteiger partial charge on any atom is 0.265 e. The van der Waals surface area contributed by atoms with Crippen LogP contribution >= 0.6 is 11.5 Å². The Labute approximate surface area is 120 Å². The summed E-state index contributed by atoms with van der Waals surface area (Å²) in [6.07, 6.45) is -0.120. The molecule has 1 unspecified atom stereocenters. The van der Waals surface area contributed by atoms with Gasteiger partial charge in [0, 0.05) is 12.2 Å². The molecule has 0 aliphatic carbocycles. The first-order valence-electron chi connectivity index (χ1n) is 6.24. The van der Waals surface area contributed by atoms with Crippen molar-refractivity contribution in [2.75, 3.05) is 12.3 Å². The van der Waals surface area contributed by atoms with Gasteiger partial charge in [-0.25, -0.2) is 0 Å². The van der Waals surface area contributed by atoms with Gasteiger partial charge in [0.15, 0.2) is 0 Å². The number of aromatic nitrogens is 2. The third kappa shape index (κ3) is 3.31. The molecular formula is C13H16N4O2S. The molecular weight excluding hydrogens is 276 g/mol. The summed E-state index contributed by atoms with van der Waals surface area (Å²) in [5, 5.41) is 16.6. The number of rotatable bonds is 5. The van der Waals surface area contributed by atoms with Crippen LogP contribution < -0.4 is 11.1 Å². The fraction of sp³-hybridized carbons (Fsp3) is 0.308. The van der Waals surface area contributed by atoms with Crippen molar-refractivity contribution < 1.29 is 9.90 Å². The number of aliphatic hydroxyl groups is 1. The number of anilines is 1. The summed E-state index contributed by atoms with van der Waals surface area (Å²) >= 11 is 1.06. The van der Waals surface area contributed by atoms with E-state index in [4.69, 9.17) is 5.73 Å². The Morgan fingerprint density at radius 3 is 2.80 bits per heavy atom. The molecule has 0 saturated carbocycles. The van der Waals surface area contributed by atoms with Gasteiger partial charge in [0.1, 0.15) is 4.88 Å². The van der Waals surface area contributed by atoms with Gasteiger partial charge in [0.2, 0.25) is 0 Å². The minimum absolute atomic E-state index is 0.129. The van der Waals surface area contributed by atoms with Crippen LogP contribution in [0.1, 0.15) is 34.0 Å². The number of nitrogen functional groups attached to an aromatic ring is 1. The van der Waals surface area contributed by atoms with Crippen molar-refractivity contribution in [1.82, 2.24) is 14.9 Å². The lowest BCUT2D eigenvalue weighted by atomic mass is 10.1. The summed E-state index contributed by atoms with van der Waals surface area (Å²) in [5.74, 6) is -0.258. The van der Waals surface area contributed by atoms with E-state index in [1.165, 1.54) is 0 Å². The van der Waals surface area contributed by atoms with E-state index in [-0.39, 0.29) is 12.5 Å². The summed E-state index contributed by atoms with van der Waals surface area (Å²) < 4.78 is 3.76. The van der Waals surface area contributed by atoms with Gasteiger partial charge in [-0.3, -0.25) is 4.79 Å². The van der Waals surface area contributed by atoms with Crippen LogP contribution in [0.4, 0.5) is 5.69 Å². The van der Waals surface area contributed by atoms with Crippen LogP contribution in [0.3, 0.4) is 0 Å². The lowest BCUT2D eigenvalue weighted by Crippen LogP contribution is -2.28. The van der Waals surface area contributed by atoms with Crippen molar-refractivity contribution in [3.8, 4) is 0 Å². The molecule has 0 spiro atoms. The molecule has 2 rings (SSSR count). The lowest BCUT2D eigenvalue weighted by molar-refractivity contribution is 0.0919. The standard InChI is InChI=1S/C13H16N4O2S/c1-2-10-12(20-17-16-10)13(19)15-7-11(18)8-3-5-9(14)6-4-8/h3-6,11,18H,2,7,14H2,1H3,(H,15,19). The Morgan fingerprint density at radius 1 is 1.45 bits per heavy atom. The fourth-order valence-electron chi connectivity index (χ4n) is 1.72. The van der Waals surface area contributed by atoms with E-state index in [2.05, 4.69) is 14.9 Å². The summed E-state index contributed by atoms with van der Waals surface area (Å²) in [4.78, 5) is 12.5. The van der Waals surface area contributed by atoms with E-state index >= 15 is 0 Å². The molecule has 0 saturated heterocycles. The molecule has 1 aromatic heterocycles. The molecule has 6 nitrogen and oxygen atoms in total. The highest BCUT2D eigenvalue weighted by Crippen LogP contribution is 2.15. The number of carbonyl (C=O) groups excluding carboxylic acids is 1. The average Bonchev–Trinajstić information content (AvgIpc) is 2.93. The number of hydrogen-bond donors (Lipinski definition) is 3.